The third-order valence-corrected chi connectivity index (χ3v) is 5.69. The first-order valence-electron chi connectivity index (χ1n) is 9.31. The van der Waals surface area contributed by atoms with Crippen molar-refractivity contribution < 1.29 is 23.9 Å². The average molecular weight is 452 g/mol. The van der Waals surface area contributed by atoms with Gasteiger partial charge >= 0.3 is 6.09 Å². The van der Waals surface area contributed by atoms with Crippen LogP contribution in [0.15, 0.2) is 36.4 Å². The highest BCUT2D eigenvalue weighted by atomic mass is 35.5. The highest BCUT2D eigenvalue weighted by molar-refractivity contribution is 7.18. The molecule has 30 heavy (non-hydrogen) atoms. The van der Waals surface area contributed by atoms with E-state index in [9.17, 15) is 14.4 Å². The molecule has 0 aliphatic carbocycles. The maximum absolute atomic E-state index is 12.4. The molecule has 3 amide bonds. The lowest BCUT2D eigenvalue weighted by Crippen LogP contribution is -2.41. The van der Waals surface area contributed by atoms with Crippen LogP contribution >= 0.6 is 22.9 Å². The molecule has 8 nitrogen and oxygen atoms in total. The highest BCUT2D eigenvalue weighted by Crippen LogP contribution is 2.23. The first kappa shape index (κ1) is 22.1. The second kappa shape index (κ2) is 9.92. The first-order valence-corrected chi connectivity index (χ1v) is 10.5. The van der Waals surface area contributed by atoms with Crippen molar-refractivity contribution in [2.24, 2.45) is 0 Å². The van der Waals surface area contributed by atoms with Crippen molar-refractivity contribution in [1.29, 1.82) is 0 Å². The van der Waals surface area contributed by atoms with Crippen molar-refractivity contribution in [2.45, 2.75) is 13.0 Å². The Morgan fingerprint density at radius 3 is 2.67 bits per heavy atom. The third kappa shape index (κ3) is 5.50. The quantitative estimate of drug-likeness (QED) is 0.728. The summed E-state index contributed by atoms with van der Waals surface area (Å²) in [6, 6.07) is 10.3. The van der Waals surface area contributed by atoms with Crippen LogP contribution in [0.3, 0.4) is 0 Å². The molecule has 0 saturated carbocycles. The van der Waals surface area contributed by atoms with E-state index < -0.39 is 12.2 Å². The van der Waals surface area contributed by atoms with E-state index >= 15 is 0 Å². The van der Waals surface area contributed by atoms with Crippen LogP contribution < -0.4 is 15.1 Å². The van der Waals surface area contributed by atoms with Crippen LogP contribution in [-0.4, -0.2) is 57.4 Å². The molecule has 1 N–H and O–H groups in total. The molecule has 1 aromatic heterocycles. The van der Waals surface area contributed by atoms with E-state index in [4.69, 9.17) is 21.1 Å². The fraction of sp³-hybridized carbons (Fsp3) is 0.350. The van der Waals surface area contributed by atoms with Crippen LogP contribution in [0.1, 0.15) is 16.6 Å². The van der Waals surface area contributed by atoms with E-state index in [0.29, 0.717) is 28.1 Å². The molecule has 2 heterocycles. The molecule has 1 atom stereocenters. The number of nitrogens with one attached hydrogen (secondary N) is 1. The third-order valence-electron chi connectivity index (χ3n) is 4.46. The Hall–Kier alpha value is -2.62. The maximum Gasteiger partial charge on any atom is 0.414 e. The van der Waals surface area contributed by atoms with Crippen molar-refractivity contribution in [1.82, 2.24) is 5.32 Å². The molecule has 1 saturated heterocycles. The minimum atomic E-state index is -0.550. The number of hydrogen-bond acceptors (Lipinski definition) is 6. The molecule has 10 heteroatoms. The molecule has 1 fully saturated rings. The predicted octanol–water partition coefficient (Wildman–Crippen LogP) is 3.16. The second-order valence-corrected chi connectivity index (χ2v) is 8.40. The number of hydrogen-bond donors (Lipinski definition) is 1. The number of carbonyl (C=O) groups excluding carboxylic acids is 3. The largest absolute Gasteiger partial charge is 0.444 e. The summed E-state index contributed by atoms with van der Waals surface area (Å²) in [6.07, 6.45) is -1.07. The van der Waals surface area contributed by atoms with E-state index in [-0.39, 0.29) is 25.0 Å². The van der Waals surface area contributed by atoms with Gasteiger partial charge in [-0.2, -0.15) is 0 Å². The summed E-state index contributed by atoms with van der Waals surface area (Å²) >= 11 is 7.01. The lowest BCUT2D eigenvalue weighted by atomic mass is 10.2. The Morgan fingerprint density at radius 2 is 2.03 bits per heavy atom. The minimum Gasteiger partial charge on any atom is -0.444 e. The van der Waals surface area contributed by atoms with E-state index in [1.165, 1.54) is 16.2 Å². The lowest BCUT2D eigenvalue weighted by Gasteiger charge is -2.27. The van der Waals surface area contributed by atoms with Crippen LogP contribution in [0.25, 0.3) is 0 Å². The highest BCUT2D eigenvalue weighted by Gasteiger charge is 2.21. The number of anilines is 2. The van der Waals surface area contributed by atoms with Gasteiger partial charge in [0.05, 0.1) is 22.4 Å². The van der Waals surface area contributed by atoms with Gasteiger partial charge in [0.2, 0.25) is 0 Å². The summed E-state index contributed by atoms with van der Waals surface area (Å²) < 4.78 is 11.1. The Balaban J connectivity index is 1.50. The zero-order chi connectivity index (χ0) is 21.7. The van der Waals surface area contributed by atoms with Gasteiger partial charge in [0.15, 0.2) is 0 Å². The van der Waals surface area contributed by atoms with Crippen molar-refractivity contribution in [3.8, 4) is 0 Å². The summed E-state index contributed by atoms with van der Waals surface area (Å²) in [6.45, 7) is 2.93. The van der Waals surface area contributed by atoms with Crippen molar-refractivity contribution >= 4 is 52.2 Å². The summed E-state index contributed by atoms with van der Waals surface area (Å²) in [5.74, 6) is -0.362. The standard InChI is InChI=1S/C20H22ClN3O5S/c1-13(11-22-19(26)16-7-8-17(21)30-16)29-20(27)23(2)14-3-5-15(6-4-14)24-9-10-28-12-18(24)25/h3-8,13H,9-12H2,1-2H3,(H,22,26)/t13-/m1/s1. The normalized spacial score (nSPS) is 14.9. The summed E-state index contributed by atoms with van der Waals surface area (Å²) in [4.78, 5) is 39.9. The van der Waals surface area contributed by atoms with E-state index in [0.717, 1.165) is 5.69 Å². The van der Waals surface area contributed by atoms with Gasteiger partial charge in [-0.3, -0.25) is 14.5 Å². The van der Waals surface area contributed by atoms with Gasteiger partial charge in [-0.1, -0.05) is 11.6 Å². The van der Waals surface area contributed by atoms with Crippen LogP contribution in [0.5, 0.6) is 0 Å². The van der Waals surface area contributed by atoms with E-state index in [1.807, 2.05) is 0 Å². The minimum absolute atomic E-state index is 0.0714. The number of benzene rings is 1. The van der Waals surface area contributed by atoms with Gasteiger partial charge in [0.25, 0.3) is 11.8 Å². The Kier molecular flexibility index (Phi) is 7.30. The monoisotopic (exact) mass is 451 g/mol. The van der Waals surface area contributed by atoms with E-state index in [1.54, 1.807) is 55.3 Å². The number of thiophene rings is 1. The van der Waals surface area contributed by atoms with Crippen LogP contribution in [0, 0.1) is 0 Å². The van der Waals surface area contributed by atoms with Crippen LogP contribution in [0.4, 0.5) is 16.2 Å². The molecule has 3 rings (SSSR count). The smallest absolute Gasteiger partial charge is 0.414 e. The molecule has 0 bridgehead atoms. The van der Waals surface area contributed by atoms with Gasteiger partial charge in [-0.25, -0.2) is 4.79 Å². The molecular weight excluding hydrogens is 430 g/mol. The fourth-order valence-corrected chi connectivity index (χ4v) is 3.76. The van der Waals surface area contributed by atoms with Crippen LogP contribution in [0.2, 0.25) is 4.34 Å². The maximum atomic E-state index is 12.4. The topological polar surface area (TPSA) is 88.2 Å². The summed E-state index contributed by atoms with van der Waals surface area (Å²) in [5, 5.41) is 2.71. The number of morpholine rings is 1. The SMILES string of the molecule is C[C@H](CNC(=O)c1ccc(Cl)s1)OC(=O)N(C)c1ccc(N2CCOCC2=O)cc1. The number of rotatable bonds is 6. The molecule has 1 aliphatic heterocycles. The number of halogens is 1. The molecule has 160 valence electrons. The number of carbonyl (C=O) groups is 3. The Morgan fingerprint density at radius 1 is 1.30 bits per heavy atom. The van der Waals surface area contributed by atoms with Gasteiger partial charge in [0, 0.05) is 25.0 Å². The molecule has 0 spiro atoms. The molecule has 0 radical (unpaired) electrons. The predicted molar refractivity (Wildman–Crippen MR) is 116 cm³/mol. The number of amides is 3. The summed E-state index contributed by atoms with van der Waals surface area (Å²) in [5.41, 5.74) is 1.37. The summed E-state index contributed by atoms with van der Waals surface area (Å²) in [7, 11) is 1.59. The lowest BCUT2D eigenvalue weighted by molar-refractivity contribution is -0.125. The zero-order valence-corrected chi connectivity index (χ0v) is 18.2. The molecular formula is C20H22ClN3O5S. The molecule has 0 unspecified atom stereocenters. The van der Waals surface area contributed by atoms with Crippen molar-refractivity contribution in [3.63, 3.8) is 0 Å². The van der Waals surface area contributed by atoms with Gasteiger partial charge in [-0.05, 0) is 43.3 Å². The molecule has 2 aromatic rings. The van der Waals surface area contributed by atoms with Gasteiger partial charge < -0.3 is 19.7 Å². The second-order valence-electron chi connectivity index (χ2n) is 6.68. The zero-order valence-electron chi connectivity index (χ0n) is 16.6. The number of ether oxygens (including phenoxy) is 2. The number of nitrogens with zero attached hydrogens (tertiary/aromatic N) is 2. The molecule has 1 aromatic carbocycles. The fourth-order valence-electron chi connectivity index (χ4n) is 2.81. The molecule has 1 aliphatic rings. The first-order chi connectivity index (χ1) is 14.3. The average Bonchev–Trinajstić information content (AvgIpc) is 3.18. The van der Waals surface area contributed by atoms with Crippen molar-refractivity contribution in [2.75, 3.05) is 43.2 Å². The van der Waals surface area contributed by atoms with Crippen LogP contribution in [-0.2, 0) is 14.3 Å². The Labute approximate surface area is 183 Å². The Bertz CT molecular complexity index is 917. The van der Waals surface area contributed by atoms with E-state index in [2.05, 4.69) is 5.32 Å². The van der Waals surface area contributed by atoms with Gasteiger partial charge in [-0.15, -0.1) is 11.3 Å². The van der Waals surface area contributed by atoms with Gasteiger partial charge in [0.1, 0.15) is 12.7 Å². The van der Waals surface area contributed by atoms with Crippen molar-refractivity contribution in [3.05, 3.63) is 45.6 Å².